The van der Waals surface area contributed by atoms with Crippen LogP contribution in [0.1, 0.15) is 30.1 Å². The second-order valence-electron chi connectivity index (χ2n) is 5.51. The van der Waals surface area contributed by atoms with Gasteiger partial charge >= 0.3 is 0 Å². The Morgan fingerprint density at radius 3 is 3.10 bits per heavy atom. The molecule has 2 aromatic rings. The van der Waals surface area contributed by atoms with Crippen LogP contribution in [0.4, 0.5) is 0 Å². The molecule has 0 radical (unpaired) electrons. The largest absolute Gasteiger partial charge is 0.463 e. The van der Waals surface area contributed by atoms with Crippen molar-refractivity contribution in [1.82, 2.24) is 10.6 Å². The Balaban J connectivity index is 1.72. The van der Waals surface area contributed by atoms with E-state index in [0.29, 0.717) is 11.5 Å². The highest BCUT2D eigenvalue weighted by Gasteiger charge is 2.23. The molecule has 4 heteroatoms. The molecule has 1 saturated heterocycles. The van der Waals surface area contributed by atoms with Crippen molar-refractivity contribution < 1.29 is 9.21 Å². The molecule has 2 heterocycles. The predicted octanol–water partition coefficient (Wildman–Crippen LogP) is 2.55. The number of amides is 1. The fraction of sp³-hybridized carbons (Fsp3) is 0.438. The Morgan fingerprint density at radius 2 is 2.30 bits per heavy atom. The summed E-state index contributed by atoms with van der Waals surface area (Å²) in [7, 11) is 0. The highest BCUT2D eigenvalue weighted by molar-refractivity contribution is 6.05. The molecule has 1 amide bonds. The third kappa shape index (κ3) is 2.56. The van der Waals surface area contributed by atoms with Gasteiger partial charge in [0.1, 0.15) is 11.8 Å². The van der Waals surface area contributed by atoms with Gasteiger partial charge in [0.2, 0.25) is 0 Å². The molecule has 106 valence electrons. The van der Waals surface area contributed by atoms with Crippen molar-refractivity contribution in [2.24, 2.45) is 5.92 Å². The quantitative estimate of drug-likeness (QED) is 0.903. The topological polar surface area (TPSA) is 54.3 Å². The molecule has 1 aliphatic heterocycles. The molecule has 4 nitrogen and oxygen atoms in total. The summed E-state index contributed by atoms with van der Waals surface area (Å²) in [6.07, 6.45) is 3.89. The summed E-state index contributed by atoms with van der Waals surface area (Å²) in [5.74, 6) is 0.457. The number of hydrogen-bond acceptors (Lipinski definition) is 3. The number of piperidine rings is 1. The van der Waals surface area contributed by atoms with Gasteiger partial charge in [-0.2, -0.15) is 0 Å². The van der Waals surface area contributed by atoms with Crippen LogP contribution in [0.15, 0.2) is 34.9 Å². The van der Waals surface area contributed by atoms with Gasteiger partial charge in [-0.05, 0) is 44.8 Å². The minimum absolute atomic E-state index is 0.0481. The van der Waals surface area contributed by atoms with Gasteiger partial charge < -0.3 is 15.1 Å². The Morgan fingerprint density at radius 1 is 1.45 bits per heavy atom. The standard InChI is InChI=1S/C16H20N2O2/c1-11(12-5-4-8-17-9-12)18-16(19)14-10-20-15-7-3-2-6-13(14)15/h2-3,6-7,10-12,17H,4-5,8-9H2,1H3,(H,18,19). The first-order chi connectivity index (χ1) is 9.75. The van der Waals surface area contributed by atoms with Gasteiger partial charge in [-0.1, -0.05) is 18.2 Å². The molecule has 2 atom stereocenters. The second kappa shape index (κ2) is 5.67. The van der Waals surface area contributed by atoms with E-state index in [-0.39, 0.29) is 11.9 Å². The summed E-state index contributed by atoms with van der Waals surface area (Å²) in [6, 6.07) is 7.79. The molecule has 1 aromatic carbocycles. The number of carbonyl (C=O) groups is 1. The molecule has 1 aromatic heterocycles. The van der Waals surface area contributed by atoms with Gasteiger partial charge in [-0.3, -0.25) is 4.79 Å². The van der Waals surface area contributed by atoms with E-state index in [0.717, 1.165) is 24.1 Å². The van der Waals surface area contributed by atoms with Crippen LogP contribution in [0.25, 0.3) is 11.0 Å². The SMILES string of the molecule is CC(NC(=O)c1coc2ccccc12)C1CCCNC1. The molecule has 0 aliphatic carbocycles. The van der Waals surface area contributed by atoms with Gasteiger partial charge in [0.15, 0.2) is 0 Å². The normalized spacial score (nSPS) is 20.8. The fourth-order valence-corrected chi connectivity index (χ4v) is 2.86. The zero-order valence-electron chi connectivity index (χ0n) is 11.7. The van der Waals surface area contributed by atoms with Gasteiger partial charge in [-0.25, -0.2) is 0 Å². The van der Waals surface area contributed by atoms with Crippen molar-refractivity contribution in [2.45, 2.75) is 25.8 Å². The lowest BCUT2D eigenvalue weighted by Crippen LogP contribution is -2.44. The summed E-state index contributed by atoms with van der Waals surface area (Å²) >= 11 is 0. The molecule has 0 spiro atoms. The molecule has 3 rings (SSSR count). The average molecular weight is 272 g/mol. The van der Waals surface area contributed by atoms with Crippen LogP contribution in [0.3, 0.4) is 0 Å². The first kappa shape index (κ1) is 13.2. The van der Waals surface area contributed by atoms with E-state index in [4.69, 9.17) is 4.42 Å². The van der Waals surface area contributed by atoms with Crippen molar-refractivity contribution in [1.29, 1.82) is 0 Å². The van der Waals surface area contributed by atoms with Gasteiger partial charge in [-0.15, -0.1) is 0 Å². The maximum atomic E-state index is 12.4. The van der Waals surface area contributed by atoms with Gasteiger partial charge in [0, 0.05) is 11.4 Å². The van der Waals surface area contributed by atoms with Crippen molar-refractivity contribution in [3.8, 4) is 0 Å². The van der Waals surface area contributed by atoms with E-state index < -0.39 is 0 Å². The van der Waals surface area contributed by atoms with Crippen LogP contribution < -0.4 is 10.6 Å². The molecule has 2 unspecified atom stereocenters. The molecule has 1 aliphatic rings. The van der Waals surface area contributed by atoms with Crippen molar-refractivity contribution in [3.05, 3.63) is 36.1 Å². The Bertz CT molecular complexity index is 599. The lowest BCUT2D eigenvalue weighted by molar-refractivity contribution is 0.0922. The summed E-state index contributed by atoms with van der Waals surface area (Å²) in [4.78, 5) is 12.4. The minimum atomic E-state index is -0.0481. The number of rotatable bonds is 3. The van der Waals surface area contributed by atoms with Crippen molar-refractivity contribution >= 4 is 16.9 Å². The number of carbonyl (C=O) groups excluding carboxylic acids is 1. The van der Waals surface area contributed by atoms with Gasteiger partial charge in [0.05, 0.1) is 5.56 Å². The van der Waals surface area contributed by atoms with E-state index in [1.165, 1.54) is 12.8 Å². The smallest absolute Gasteiger partial charge is 0.255 e. The highest BCUT2D eigenvalue weighted by atomic mass is 16.3. The molecule has 0 bridgehead atoms. The predicted molar refractivity (Wildman–Crippen MR) is 78.7 cm³/mol. The Kier molecular flexibility index (Phi) is 3.74. The van der Waals surface area contributed by atoms with E-state index in [2.05, 4.69) is 17.6 Å². The van der Waals surface area contributed by atoms with Crippen LogP contribution in [0.2, 0.25) is 0 Å². The lowest BCUT2D eigenvalue weighted by Gasteiger charge is -2.28. The maximum Gasteiger partial charge on any atom is 0.255 e. The third-order valence-corrected chi connectivity index (χ3v) is 4.13. The fourth-order valence-electron chi connectivity index (χ4n) is 2.86. The molecular weight excluding hydrogens is 252 g/mol. The monoisotopic (exact) mass is 272 g/mol. The van der Waals surface area contributed by atoms with E-state index in [1.807, 2.05) is 24.3 Å². The molecule has 2 N–H and O–H groups in total. The van der Waals surface area contributed by atoms with Crippen LogP contribution >= 0.6 is 0 Å². The number of fused-ring (bicyclic) bond motifs is 1. The number of benzene rings is 1. The minimum Gasteiger partial charge on any atom is -0.463 e. The molecule has 0 saturated carbocycles. The van der Waals surface area contributed by atoms with E-state index >= 15 is 0 Å². The first-order valence-electron chi connectivity index (χ1n) is 7.23. The molecule has 1 fully saturated rings. The summed E-state index contributed by atoms with van der Waals surface area (Å²) in [5.41, 5.74) is 1.38. The maximum absolute atomic E-state index is 12.4. The van der Waals surface area contributed by atoms with Crippen LogP contribution in [0.5, 0.6) is 0 Å². The van der Waals surface area contributed by atoms with Crippen molar-refractivity contribution in [2.75, 3.05) is 13.1 Å². The highest BCUT2D eigenvalue weighted by Crippen LogP contribution is 2.21. The molecule has 20 heavy (non-hydrogen) atoms. The van der Waals surface area contributed by atoms with Crippen LogP contribution in [-0.4, -0.2) is 25.0 Å². The number of para-hydroxylation sites is 1. The van der Waals surface area contributed by atoms with E-state index in [9.17, 15) is 4.79 Å². The third-order valence-electron chi connectivity index (χ3n) is 4.13. The van der Waals surface area contributed by atoms with E-state index in [1.54, 1.807) is 6.26 Å². The Hall–Kier alpha value is -1.81. The number of furan rings is 1. The average Bonchev–Trinajstić information content (AvgIpc) is 2.92. The Labute approximate surface area is 118 Å². The second-order valence-corrected chi connectivity index (χ2v) is 5.51. The summed E-state index contributed by atoms with van der Waals surface area (Å²) < 4.78 is 5.42. The molecular formula is C16H20N2O2. The summed E-state index contributed by atoms with van der Waals surface area (Å²) in [5, 5.41) is 7.36. The lowest BCUT2D eigenvalue weighted by atomic mass is 9.92. The first-order valence-corrected chi connectivity index (χ1v) is 7.23. The number of nitrogens with one attached hydrogen (secondary N) is 2. The van der Waals surface area contributed by atoms with Crippen LogP contribution in [-0.2, 0) is 0 Å². The number of hydrogen-bond donors (Lipinski definition) is 2. The van der Waals surface area contributed by atoms with Crippen molar-refractivity contribution in [3.63, 3.8) is 0 Å². The zero-order chi connectivity index (χ0) is 13.9. The zero-order valence-corrected chi connectivity index (χ0v) is 11.7. The van der Waals surface area contributed by atoms with Gasteiger partial charge in [0.25, 0.3) is 5.91 Å². The summed E-state index contributed by atoms with van der Waals surface area (Å²) in [6.45, 7) is 4.15. The van der Waals surface area contributed by atoms with Crippen LogP contribution in [0, 0.1) is 5.92 Å².